The standard InChI is InChI=1S/C10H17N3O/c1-8(9(2)14)13-6-5-12-4-3-11-10(12)7-13/h3-4,8-9,14H,5-7H2,1-2H3. The van der Waals surface area contributed by atoms with Crippen molar-refractivity contribution in [3.8, 4) is 0 Å². The zero-order valence-corrected chi connectivity index (χ0v) is 8.72. The lowest BCUT2D eigenvalue weighted by atomic mass is 10.1. The van der Waals surface area contributed by atoms with Crippen molar-refractivity contribution in [2.45, 2.75) is 39.1 Å². The maximum Gasteiger partial charge on any atom is 0.122 e. The molecule has 0 bridgehead atoms. The number of aliphatic hydroxyl groups excluding tert-OH is 1. The number of hydrogen-bond acceptors (Lipinski definition) is 3. The second-order valence-corrected chi connectivity index (χ2v) is 3.99. The summed E-state index contributed by atoms with van der Waals surface area (Å²) in [6.45, 7) is 6.72. The summed E-state index contributed by atoms with van der Waals surface area (Å²) in [5, 5.41) is 9.50. The molecule has 2 rings (SSSR count). The van der Waals surface area contributed by atoms with E-state index in [9.17, 15) is 5.11 Å². The van der Waals surface area contributed by atoms with Crippen LogP contribution in [0.4, 0.5) is 0 Å². The van der Waals surface area contributed by atoms with Gasteiger partial charge < -0.3 is 9.67 Å². The molecule has 0 radical (unpaired) electrons. The third-order valence-corrected chi connectivity index (χ3v) is 3.05. The summed E-state index contributed by atoms with van der Waals surface area (Å²) < 4.78 is 2.17. The Balaban J connectivity index is 2.07. The minimum absolute atomic E-state index is 0.209. The molecule has 1 aromatic rings. The van der Waals surface area contributed by atoms with Gasteiger partial charge in [0, 0.05) is 31.5 Å². The molecule has 1 aliphatic heterocycles. The van der Waals surface area contributed by atoms with Gasteiger partial charge in [-0.15, -0.1) is 0 Å². The summed E-state index contributed by atoms with van der Waals surface area (Å²) >= 11 is 0. The maximum absolute atomic E-state index is 9.50. The van der Waals surface area contributed by atoms with Crippen LogP contribution in [-0.2, 0) is 13.1 Å². The van der Waals surface area contributed by atoms with Gasteiger partial charge in [0.05, 0.1) is 12.6 Å². The molecule has 0 amide bonds. The summed E-state index contributed by atoms with van der Waals surface area (Å²) in [4.78, 5) is 6.56. The summed E-state index contributed by atoms with van der Waals surface area (Å²) in [5.74, 6) is 1.10. The summed E-state index contributed by atoms with van der Waals surface area (Å²) in [7, 11) is 0. The van der Waals surface area contributed by atoms with Gasteiger partial charge in [-0.25, -0.2) is 4.98 Å². The highest BCUT2D eigenvalue weighted by Crippen LogP contribution is 2.14. The Kier molecular flexibility index (Phi) is 2.56. The lowest BCUT2D eigenvalue weighted by molar-refractivity contribution is 0.0533. The Hall–Kier alpha value is -0.870. The van der Waals surface area contributed by atoms with Crippen LogP contribution in [0.25, 0.3) is 0 Å². The molecule has 1 aromatic heterocycles. The molecule has 2 atom stereocenters. The number of hydrogen-bond donors (Lipinski definition) is 1. The Morgan fingerprint density at radius 3 is 2.93 bits per heavy atom. The molecule has 4 nitrogen and oxygen atoms in total. The number of aliphatic hydroxyl groups is 1. The molecule has 0 saturated carbocycles. The Bertz CT molecular complexity index is 308. The van der Waals surface area contributed by atoms with Gasteiger partial charge in [0.2, 0.25) is 0 Å². The van der Waals surface area contributed by atoms with Gasteiger partial charge >= 0.3 is 0 Å². The number of nitrogens with zero attached hydrogens (tertiary/aromatic N) is 3. The highest BCUT2D eigenvalue weighted by molar-refractivity contribution is 4.96. The van der Waals surface area contributed by atoms with Crippen LogP contribution in [0.15, 0.2) is 12.4 Å². The number of imidazole rings is 1. The fraction of sp³-hybridized carbons (Fsp3) is 0.700. The van der Waals surface area contributed by atoms with Gasteiger partial charge in [0.1, 0.15) is 5.82 Å². The van der Waals surface area contributed by atoms with Crippen LogP contribution in [0.1, 0.15) is 19.7 Å². The Morgan fingerprint density at radius 2 is 2.21 bits per heavy atom. The van der Waals surface area contributed by atoms with Crippen molar-refractivity contribution in [3.05, 3.63) is 18.2 Å². The van der Waals surface area contributed by atoms with Gasteiger partial charge in [0.25, 0.3) is 0 Å². The normalized spacial score (nSPS) is 21.6. The zero-order valence-electron chi connectivity index (χ0n) is 8.72. The van der Waals surface area contributed by atoms with E-state index >= 15 is 0 Å². The third kappa shape index (κ3) is 1.67. The molecule has 1 aliphatic rings. The van der Waals surface area contributed by atoms with Crippen LogP contribution >= 0.6 is 0 Å². The molecule has 0 aliphatic carbocycles. The van der Waals surface area contributed by atoms with Gasteiger partial charge in [0.15, 0.2) is 0 Å². The van der Waals surface area contributed by atoms with E-state index < -0.39 is 0 Å². The second kappa shape index (κ2) is 3.71. The molecule has 0 saturated heterocycles. The average molecular weight is 195 g/mol. The van der Waals surface area contributed by atoms with Crippen LogP contribution in [0.2, 0.25) is 0 Å². The third-order valence-electron chi connectivity index (χ3n) is 3.05. The minimum Gasteiger partial charge on any atom is -0.392 e. The Morgan fingerprint density at radius 1 is 1.43 bits per heavy atom. The van der Waals surface area contributed by atoms with E-state index in [-0.39, 0.29) is 12.1 Å². The minimum atomic E-state index is -0.281. The van der Waals surface area contributed by atoms with Crippen LogP contribution in [0, 0.1) is 0 Å². The van der Waals surface area contributed by atoms with Crippen molar-refractivity contribution >= 4 is 0 Å². The van der Waals surface area contributed by atoms with Crippen LogP contribution in [0.5, 0.6) is 0 Å². The van der Waals surface area contributed by atoms with Gasteiger partial charge in [-0.3, -0.25) is 4.90 Å². The lowest BCUT2D eigenvalue weighted by Crippen LogP contribution is -2.44. The first-order valence-electron chi connectivity index (χ1n) is 5.10. The number of fused-ring (bicyclic) bond motifs is 1. The SMILES string of the molecule is CC(O)C(C)N1CCn2ccnc2C1. The van der Waals surface area contributed by atoms with Gasteiger partial charge in [-0.2, -0.15) is 0 Å². The van der Waals surface area contributed by atoms with Crippen LogP contribution in [-0.4, -0.2) is 38.2 Å². The molecule has 2 heterocycles. The summed E-state index contributed by atoms with van der Waals surface area (Å²) in [6.07, 6.45) is 3.57. The van der Waals surface area contributed by atoms with Crippen molar-refractivity contribution in [2.75, 3.05) is 6.54 Å². The largest absolute Gasteiger partial charge is 0.392 e. The van der Waals surface area contributed by atoms with Crippen molar-refractivity contribution < 1.29 is 5.11 Å². The van der Waals surface area contributed by atoms with E-state index in [0.29, 0.717) is 0 Å². The van der Waals surface area contributed by atoms with Crippen molar-refractivity contribution in [1.29, 1.82) is 0 Å². The molecular formula is C10H17N3O. The van der Waals surface area contributed by atoms with Gasteiger partial charge in [-0.05, 0) is 13.8 Å². The molecule has 1 N–H and O–H groups in total. The highest BCUT2D eigenvalue weighted by Gasteiger charge is 2.23. The smallest absolute Gasteiger partial charge is 0.122 e. The monoisotopic (exact) mass is 195 g/mol. The quantitative estimate of drug-likeness (QED) is 0.745. The Labute approximate surface area is 84.2 Å². The first-order chi connectivity index (χ1) is 6.68. The van der Waals surface area contributed by atoms with Crippen molar-refractivity contribution in [2.24, 2.45) is 0 Å². The predicted molar refractivity (Wildman–Crippen MR) is 53.8 cm³/mol. The van der Waals surface area contributed by atoms with Crippen LogP contribution < -0.4 is 0 Å². The average Bonchev–Trinajstić information content (AvgIpc) is 2.62. The fourth-order valence-electron chi connectivity index (χ4n) is 1.84. The zero-order chi connectivity index (χ0) is 10.1. The lowest BCUT2D eigenvalue weighted by Gasteiger charge is -2.34. The summed E-state index contributed by atoms with van der Waals surface area (Å²) in [6, 6.07) is 0.209. The molecule has 0 aromatic carbocycles. The van der Waals surface area contributed by atoms with E-state index in [4.69, 9.17) is 0 Å². The molecule has 0 fully saturated rings. The van der Waals surface area contributed by atoms with E-state index in [1.54, 1.807) is 0 Å². The first-order valence-corrected chi connectivity index (χ1v) is 5.10. The predicted octanol–water partition coefficient (Wildman–Crippen LogP) is 0.468. The topological polar surface area (TPSA) is 41.3 Å². The van der Waals surface area contributed by atoms with E-state index in [1.807, 2.05) is 19.3 Å². The molecular weight excluding hydrogens is 178 g/mol. The van der Waals surface area contributed by atoms with Crippen molar-refractivity contribution in [3.63, 3.8) is 0 Å². The highest BCUT2D eigenvalue weighted by atomic mass is 16.3. The fourth-order valence-corrected chi connectivity index (χ4v) is 1.84. The molecule has 14 heavy (non-hydrogen) atoms. The van der Waals surface area contributed by atoms with E-state index in [1.165, 1.54) is 0 Å². The first kappa shape index (κ1) is 9.68. The maximum atomic E-state index is 9.50. The number of rotatable bonds is 2. The second-order valence-electron chi connectivity index (χ2n) is 3.99. The summed E-state index contributed by atoms with van der Waals surface area (Å²) in [5.41, 5.74) is 0. The van der Waals surface area contributed by atoms with E-state index in [2.05, 4.69) is 21.4 Å². The van der Waals surface area contributed by atoms with Gasteiger partial charge in [-0.1, -0.05) is 0 Å². The van der Waals surface area contributed by atoms with Crippen molar-refractivity contribution in [1.82, 2.24) is 14.5 Å². The molecule has 78 valence electrons. The van der Waals surface area contributed by atoms with Crippen LogP contribution in [0.3, 0.4) is 0 Å². The van der Waals surface area contributed by atoms with E-state index in [0.717, 1.165) is 25.5 Å². The molecule has 4 heteroatoms. The molecule has 0 spiro atoms. The number of aromatic nitrogens is 2. The molecule has 2 unspecified atom stereocenters.